The molecule has 0 aliphatic carbocycles. The van der Waals surface area contributed by atoms with E-state index in [-0.39, 0.29) is 0 Å². The van der Waals surface area contributed by atoms with Crippen LogP contribution in [-0.2, 0) is 0 Å². The number of hydrogen-bond donors (Lipinski definition) is 0. The number of para-hydroxylation sites is 1. The molecule has 1 heterocycles. The molecule has 1 aliphatic heterocycles. The summed E-state index contributed by atoms with van der Waals surface area (Å²) in [7, 11) is 1.68. The highest BCUT2D eigenvalue weighted by molar-refractivity contribution is 5.43. The highest BCUT2D eigenvalue weighted by atomic mass is 16.7. The maximum Gasteiger partial charge on any atom is 0.173 e. The van der Waals surface area contributed by atoms with Gasteiger partial charge in [0.25, 0.3) is 0 Å². The summed E-state index contributed by atoms with van der Waals surface area (Å²) in [5.74, 6) is 2.93. The van der Waals surface area contributed by atoms with Gasteiger partial charge in [0.15, 0.2) is 12.5 Å². The molecule has 0 amide bonds. The standard InChI is InChI=1S/C17H19NO3/c1-13-11-18(12-20-14-6-4-3-5-7-14)21-17-9-8-15(19-2)10-16(13)17/h3-10,13H,11-12H2,1-2H3. The molecule has 0 aromatic heterocycles. The summed E-state index contributed by atoms with van der Waals surface area (Å²) < 4.78 is 11.0. The van der Waals surface area contributed by atoms with Gasteiger partial charge in [-0.3, -0.25) is 0 Å². The molecule has 0 fully saturated rings. The first-order valence-electron chi connectivity index (χ1n) is 7.05. The maximum atomic E-state index is 5.88. The Morgan fingerprint density at radius 1 is 1.14 bits per heavy atom. The van der Waals surface area contributed by atoms with Gasteiger partial charge < -0.3 is 14.3 Å². The summed E-state index contributed by atoms with van der Waals surface area (Å²) in [6, 6.07) is 15.6. The first-order valence-corrected chi connectivity index (χ1v) is 7.05. The molecule has 0 saturated heterocycles. The van der Waals surface area contributed by atoms with Crippen LogP contribution >= 0.6 is 0 Å². The number of fused-ring (bicyclic) bond motifs is 1. The van der Waals surface area contributed by atoms with Crippen molar-refractivity contribution >= 4 is 0 Å². The molecule has 2 aromatic rings. The average molecular weight is 285 g/mol. The van der Waals surface area contributed by atoms with Gasteiger partial charge in [0, 0.05) is 18.0 Å². The smallest absolute Gasteiger partial charge is 0.173 e. The van der Waals surface area contributed by atoms with E-state index in [9.17, 15) is 0 Å². The molecule has 0 bridgehead atoms. The van der Waals surface area contributed by atoms with Gasteiger partial charge in [-0.1, -0.05) is 25.1 Å². The lowest BCUT2D eigenvalue weighted by Crippen LogP contribution is -2.38. The minimum Gasteiger partial charge on any atom is -0.497 e. The number of hydrogen-bond acceptors (Lipinski definition) is 4. The van der Waals surface area contributed by atoms with Crippen molar-refractivity contribution in [2.45, 2.75) is 12.8 Å². The Balaban J connectivity index is 1.67. The molecular weight excluding hydrogens is 266 g/mol. The van der Waals surface area contributed by atoms with Crippen molar-refractivity contribution in [1.29, 1.82) is 0 Å². The first-order chi connectivity index (χ1) is 10.3. The van der Waals surface area contributed by atoms with E-state index < -0.39 is 0 Å². The van der Waals surface area contributed by atoms with E-state index in [0.717, 1.165) is 23.8 Å². The first kappa shape index (κ1) is 13.8. The third-order valence-corrected chi connectivity index (χ3v) is 3.57. The summed E-state index contributed by atoms with van der Waals surface area (Å²) in [4.78, 5) is 5.88. The van der Waals surface area contributed by atoms with Gasteiger partial charge in [0.05, 0.1) is 7.11 Å². The Bertz CT molecular complexity index is 600. The van der Waals surface area contributed by atoms with Gasteiger partial charge in [-0.05, 0) is 30.3 Å². The molecule has 1 unspecified atom stereocenters. The van der Waals surface area contributed by atoms with Gasteiger partial charge in [0.2, 0.25) is 0 Å². The van der Waals surface area contributed by atoms with Crippen molar-refractivity contribution in [3.05, 3.63) is 54.1 Å². The van der Waals surface area contributed by atoms with E-state index in [1.165, 1.54) is 5.56 Å². The van der Waals surface area contributed by atoms with E-state index in [0.29, 0.717) is 12.6 Å². The fourth-order valence-electron chi connectivity index (χ4n) is 2.44. The summed E-state index contributed by atoms with van der Waals surface area (Å²) in [6.07, 6.45) is 0. The molecular formula is C17H19NO3. The van der Waals surface area contributed by atoms with E-state index in [1.54, 1.807) is 7.11 Å². The monoisotopic (exact) mass is 285 g/mol. The third-order valence-electron chi connectivity index (χ3n) is 3.57. The van der Waals surface area contributed by atoms with Crippen LogP contribution in [0.2, 0.25) is 0 Å². The Morgan fingerprint density at radius 2 is 1.95 bits per heavy atom. The fourth-order valence-corrected chi connectivity index (χ4v) is 2.44. The quantitative estimate of drug-likeness (QED) is 0.861. The van der Waals surface area contributed by atoms with Crippen LogP contribution in [0.5, 0.6) is 17.2 Å². The molecule has 2 aromatic carbocycles. The van der Waals surface area contributed by atoms with E-state index in [1.807, 2.05) is 53.6 Å². The number of ether oxygens (including phenoxy) is 2. The second-order valence-corrected chi connectivity index (χ2v) is 5.15. The predicted octanol–water partition coefficient (Wildman–Crippen LogP) is 3.44. The molecule has 1 aliphatic rings. The second-order valence-electron chi connectivity index (χ2n) is 5.15. The number of benzene rings is 2. The molecule has 0 spiro atoms. The van der Waals surface area contributed by atoms with Crippen LogP contribution in [0.15, 0.2) is 48.5 Å². The summed E-state index contributed by atoms with van der Waals surface area (Å²) in [5, 5.41) is 1.84. The van der Waals surface area contributed by atoms with Crippen LogP contribution in [0.25, 0.3) is 0 Å². The van der Waals surface area contributed by atoms with E-state index >= 15 is 0 Å². The molecule has 0 N–H and O–H groups in total. The van der Waals surface area contributed by atoms with Gasteiger partial charge in [0.1, 0.15) is 11.5 Å². The zero-order valence-corrected chi connectivity index (χ0v) is 12.3. The van der Waals surface area contributed by atoms with Crippen molar-refractivity contribution in [2.24, 2.45) is 0 Å². The Labute approximate surface area is 124 Å². The number of nitrogens with zero attached hydrogens (tertiary/aromatic N) is 1. The zero-order chi connectivity index (χ0) is 14.7. The minimum absolute atomic E-state index is 0.364. The molecule has 4 heteroatoms. The maximum absolute atomic E-state index is 5.88. The van der Waals surface area contributed by atoms with Crippen LogP contribution in [0.1, 0.15) is 18.4 Å². The van der Waals surface area contributed by atoms with Gasteiger partial charge in [-0.2, -0.15) is 0 Å². The number of methoxy groups -OCH3 is 1. The number of hydroxylamine groups is 2. The summed E-state index contributed by atoms with van der Waals surface area (Å²) in [5.41, 5.74) is 1.17. The van der Waals surface area contributed by atoms with Gasteiger partial charge in [-0.25, -0.2) is 0 Å². The van der Waals surface area contributed by atoms with Crippen molar-refractivity contribution in [1.82, 2.24) is 5.06 Å². The molecule has 3 rings (SSSR count). The Kier molecular flexibility index (Phi) is 3.97. The highest BCUT2D eigenvalue weighted by Gasteiger charge is 2.24. The molecule has 0 saturated carbocycles. The SMILES string of the molecule is COc1ccc2c(c1)C(C)CN(COc1ccccc1)O2. The van der Waals surface area contributed by atoms with E-state index in [2.05, 4.69) is 6.92 Å². The van der Waals surface area contributed by atoms with Crippen LogP contribution in [0, 0.1) is 0 Å². The molecule has 21 heavy (non-hydrogen) atoms. The normalized spacial score (nSPS) is 17.7. The average Bonchev–Trinajstić information content (AvgIpc) is 2.54. The third kappa shape index (κ3) is 3.11. The Hall–Kier alpha value is -2.20. The lowest BCUT2D eigenvalue weighted by atomic mass is 9.98. The molecule has 0 radical (unpaired) electrons. The fraction of sp³-hybridized carbons (Fsp3) is 0.294. The van der Waals surface area contributed by atoms with Crippen molar-refractivity contribution in [3.8, 4) is 17.2 Å². The zero-order valence-electron chi connectivity index (χ0n) is 12.3. The van der Waals surface area contributed by atoms with Gasteiger partial charge in [-0.15, -0.1) is 5.06 Å². The topological polar surface area (TPSA) is 30.9 Å². The largest absolute Gasteiger partial charge is 0.497 e. The van der Waals surface area contributed by atoms with Crippen LogP contribution < -0.4 is 14.3 Å². The predicted molar refractivity (Wildman–Crippen MR) is 80.7 cm³/mol. The molecule has 1 atom stereocenters. The van der Waals surface area contributed by atoms with E-state index in [4.69, 9.17) is 14.3 Å². The second kappa shape index (κ2) is 6.06. The van der Waals surface area contributed by atoms with Crippen molar-refractivity contribution < 1.29 is 14.3 Å². The number of rotatable bonds is 4. The molecule has 110 valence electrons. The highest BCUT2D eigenvalue weighted by Crippen LogP contribution is 2.35. The van der Waals surface area contributed by atoms with Gasteiger partial charge >= 0.3 is 0 Å². The van der Waals surface area contributed by atoms with Crippen LogP contribution in [-0.4, -0.2) is 25.4 Å². The summed E-state index contributed by atoms with van der Waals surface area (Å²) in [6.45, 7) is 3.36. The van der Waals surface area contributed by atoms with Crippen LogP contribution in [0.3, 0.4) is 0 Å². The molecule has 4 nitrogen and oxygen atoms in total. The van der Waals surface area contributed by atoms with Crippen molar-refractivity contribution in [2.75, 3.05) is 20.4 Å². The lowest BCUT2D eigenvalue weighted by molar-refractivity contribution is -0.119. The van der Waals surface area contributed by atoms with Crippen LogP contribution in [0.4, 0.5) is 0 Å². The minimum atomic E-state index is 0.364. The summed E-state index contributed by atoms with van der Waals surface area (Å²) >= 11 is 0. The lowest BCUT2D eigenvalue weighted by Gasteiger charge is -2.32. The Morgan fingerprint density at radius 3 is 2.71 bits per heavy atom. The van der Waals surface area contributed by atoms with Crippen molar-refractivity contribution in [3.63, 3.8) is 0 Å².